The predicted molar refractivity (Wildman–Crippen MR) is 84.2 cm³/mol. The number of carbonyl (C=O) groups excluding carboxylic acids is 1. The van der Waals surface area contributed by atoms with Crippen molar-refractivity contribution >= 4 is 38.7 Å². The van der Waals surface area contributed by atoms with E-state index in [1.165, 1.54) is 0 Å². The molecule has 4 nitrogen and oxygen atoms in total. The van der Waals surface area contributed by atoms with Crippen LogP contribution in [0.2, 0.25) is 0 Å². The zero-order valence-electron chi connectivity index (χ0n) is 11.0. The fraction of sp³-hybridized carbons (Fsp3) is 0.0625. The molecule has 0 atom stereocenters. The summed E-state index contributed by atoms with van der Waals surface area (Å²) < 4.78 is 0.732. The van der Waals surface area contributed by atoms with Gasteiger partial charge in [-0.2, -0.15) is 0 Å². The second-order valence-electron chi connectivity index (χ2n) is 4.90. The van der Waals surface area contributed by atoms with Crippen molar-refractivity contribution < 1.29 is 4.79 Å². The van der Waals surface area contributed by atoms with Crippen LogP contribution < -0.4 is 4.90 Å². The first kappa shape index (κ1) is 12.5. The third kappa shape index (κ3) is 2.01. The summed E-state index contributed by atoms with van der Waals surface area (Å²) >= 11 is 3.34. The maximum absolute atomic E-state index is 12.5. The van der Waals surface area contributed by atoms with E-state index in [2.05, 4.69) is 25.9 Å². The summed E-state index contributed by atoms with van der Waals surface area (Å²) in [5.74, 6) is 0.627. The number of fused-ring (bicyclic) bond motifs is 2. The number of nitrogens with zero attached hydrogens (tertiary/aromatic N) is 3. The molecule has 1 aromatic carbocycles. The van der Waals surface area contributed by atoms with E-state index in [4.69, 9.17) is 0 Å². The van der Waals surface area contributed by atoms with Crippen LogP contribution in [0, 0.1) is 0 Å². The number of carbonyl (C=O) groups is 1. The number of hydrogen-bond donors (Lipinski definition) is 0. The Kier molecular flexibility index (Phi) is 2.75. The molecule has 0 N–H and O–H groups in total. The average molecular weight is 340 g/mol. The Bertz CT molecular complexity index is 878. The van der Waals surface area contributed by atoms with E-state index in [9.17, 15) is 4.79 Å². The molecule has 2 aromatic heterocycles. The van der Waals surface area contributed by atoms with E-state index in [0.717, 1.165) is 21.1 Å². The molecule has 0 saturated heterocycles. The van der Waals surface area contributed by atoms with Gasteiger partial charge >= 0.3 is 0 Å². The van der Waals surface area contributed by atoms with Crippen molar-refractivity contribution in [2.24, 2.45) is 0 Å². The number of benzene rings is 1. The predicted octanol–water partition coefficient (Wildman–Crippen LogP) is 3.55. The summed E-state index contributed by atoms with van der Waals surface area (Å²) in [5, 5.41) is 0.950. The lowest BCUT2D eigenvalue weighted by Crippen LogP contribution is -2.24. The zero-order chi connectivity index (χ0) is 14.4. The van der Waals surface area contributed by atoms with Crippen molar-refractivity contribution in [3.63, 3.8) is 0 Å². The number of pyridine rings is 2. The highest BCUT2D eigenvalue weighted by Gasteiger charge is 2.28. The van der Waals surface area contributed by atoms with Crippen LogP contribution in [0.5, 0.6) is 0 Å². The monoisotopic (exact) mass is 339 g/mol. The fourth-order valence-corrected chi connectivity index (χ4v) is 2.86. The first-order valence-electron chi connectivity index (χ1n) is 6.55. The normalized spacial score (nSPS) is 13.8. The van der Waals surface area contributed by atoms with Crippen LogP contribution in [0.3, 0.4) is 0 Å². The van der Waals surface area contributed by atoms with Crippen LogP contribution in [-0.2, 0) is 6.54 Å². The highest BCUT2D eigenvalue weighted by molar-refractivity contribution is 9.10. The summed E-state index contributed by atoms with van der Waals surface area (Å²) in [6.07, 6.45) is 0. The molecule has 0 unspecified atom stereocenters. The molecule has 3 aromatic rings. The van der Waals surface area contributed by atoms with Gasteiger partial charge in [-0.05, 0) is 51.8 Å². The van der Waals surface area contributed by atoms with Crippen molar-refractivity contribution in [3.8, 4) is 0 Å². The summed E-state index contributed by atoms with van der Waals surface area (Å²) in [5.41, 5.74) is 2.42. The minimum atomic E-state index is -0.00699. The second-order valence-corrected chi connectivity index (χ2v) is 5.71. The molecule has 0 fully saturated rings. The number of amides is 1. The zero-order valence-corrected chi connectivity index (χ0v) is 12.5. The van der Waals surface area contributed by atoms with Crippen molar-refractivity contribution in [1.82, 2.24) is 9.97 Å². The first-order chi connectivity index (χ1) is 10.2. The molecular weight excluding hydrogens is 330 g/mol. The molecule has 5 heteroatoms. The molecule has 3 heterocycles. The molecule has 0 bridgehead atoms. The van der Waals surface area contributed by atoms with Gasteiger partial charge in [-0.25, -0.2) is 9.97 Å². The molecule has 0 saturated carbocycles. The molecular formula is C16H10BrN3O. The largest absolute Gasteiger partial charge is 0.288 e. The maximum atomic E-state index is 12.5. The van der Waals surface area contributed by atoms with E-state index < -0.39 is 0 Å². The Morgan fingerprint density at radius 1 is 1.00 bits per heavy atom. The summed E-state index contributed by atoms with van der Waals surface area (Å²) in [6, 6.07) is 15.3. The van der Waals surface area contributed by atoms with Gasteiger partial charge in [-0.3, -0.25) is 9.69 Å². The number of halogens is 1. The molecule has 0 spiro atoms. The summed E-state index contributed by atoms with van der Waals surface area (Å²) in [6.45, 7) is 0.557. The van der Waals surface area contributed by atoms with E-state index >= 15 is 0 Å². The lowest BCUT2D eigenvalue weighted by molar-refractivity contribution is 0.0996. The van der Waals surface area contributed by atoms with E-state index in [1.54, 1.807) is 4.90 Å². The Labute approximate surface area is 129 Å². The second kappa shape index (κ2) is 4.63. The molecule has 1 aliphatic heterocycles. The standard InChI is InChI=1S/C16H10BrN3O/c17-13-7-5-10-6-8-14(19-15(10)18-13)20-9-11-3-1-2-4-12(11)16(20)21/h1-8H,9H2. The smallest absolute Gasteiger partial charge is 0.260 e. The van der Waals surface area contributed by atoms with Gasteiger partial charge in [0, 0.05) is 10.9 Å². The molecule has 1 amide bonds. The molecule has 21 heavy (non-hydrogen) atoms. The van der Waals surface area contributed by atoms with Crippen LogP contribution in [-0.4, -0.2) is 15.9 Å². The van der Waals surface area contributed by atoms with E-state index in [1.807, 2.05) is 48.5 Å². The third-order valence-corrected chi connectivity index (χ3v) is 4.04. The number of anilines is 1. The van der Waals surface area contributed by atoms with Gasteiger partial charge in [-0.1, -0.05) is 18.2 Å². The number of aromatic nitrogens is 2. The Morgan fingerprint density at radius 3 is 2.67 bits per heavy atom. The number of rotatable bonds is 1. The minimum absolute atomic E-state index is 0.00699. The molecule has 102 valence electrons. The van der Waals surface area contributed by atoms with Crippen molar-refractivity contribution in [1.29, 1.82) is 0 Å². The topological polar surface area (TPSA) is 46.1 Å². The highest BCUT2D eigenvalue weighted by atomic mass is 79.9. The molecule has 0 radical (unpaired) electrons. The van der Waals surface area contributed by atoms with Crippen LogP contribution >= 0.6 is 15.9 Å². The van der Waals surface area contributed by atoms with Gasteiger partial charge in [0.15, 0.2) is 5.65 Å². The van der Waals surface area contributed by atoms with Crippen LogP contribution in [0.15, 0.2) is 53.1 Å². The van der Waals surface area contributed by atoms with Gasteiger partial charge in [-0.15, -0.1) is 0 Å². The fourth-order valence-electron chi connectivity index (χ4n) is 2.56. The Hall–Kier alpha value is -2.27. The molecule has 4 rings (SSSR count). The quantitative estimate of drug-likeness (QED) is 0.637. The van der Waals surface area contributed by atoms with Crippen LogP contribution in [0.25, 0.3) is 11.0 Å². The Balaban J connectivity index is 1.80. The average Bonchev–Trinajstić information content (AvgIpc) is 2.84. The van der Waals surface area contributed by atoms with Gasteiger partial charge in [0.2, 0.25) is 0 Å². The van der Waals surface area contributed by atoms with Gasteiger partial charge < -0.3 is 0 Å². The van der Waals surface area contributed by atoms with Crippen molar-refractivity contribution in [2.45, 2.75) is 6.54 Å². The molecule has 1 aliphatic rings. The van der Waals surface area contributed by atoms with Gasteiger partial charge in [0.25, 0.3) is 5.91 Å². The summed E-state index contributed by atoms with van der Waals surface area (Å²) in [4.78, 5) is 23.0. The van der Waals surface area contributed by atoms with Crippen LogP contribution in [0.4, 0.5) is 5.82 Å². The van der Waals surface area contributed by atoms with Gasteiger partial charge in [0.05, 0.1) is 6.54 Å². The van der Waals surface area contributed by atoms with Gasteiger partial charge in [0.1, 0.15) is 10.4 Å². The van der Waals surface area contributed by atoms with Crippen molar-refractivity contribution in [3.05, 3.63) is 64.3 Å². The lowest BCUT2D eigenvalue weighted by atomic mass is 10.1. The SMILES string of the molecule is O=C1c2ccccc2CN1c1ccc2ccc(Br)nc2n1. The summed E-state index contributed by atoms with van der Waals surface area (Å²) in [7, 11) is 0. The van der Waals surface area contributed by atoms with E-state index in [-0.39, 0.29) is 5.91 Å². The maximum Gasteiger partial charge on any atom is 0.260 e. The highest BCUT2D eigenvalue weighted by Crippen LogP contribution is 2.28. The molecule has 0 aliphatic carbocycles. The van der Waals surface area contributed by atoms with Crippen LogP contribution in [0.1, 0.15) is 15.9 Å². The first-order valence-corrected chi connectivity index (χ1v) is 7.35. The van der Waals surface area contributed by atoms with E-state index in [0.29, 0.717) is 18.0 Å². The van der Waals surface area contributed by atoms with Crippen molar-refractivity contribution in [2.75, 3.05) is 4.90 Å². The Morgan fingerprint density at radius 2 is 1.81 bits per heavy atom. The lowest BCUT2D eigenvalue weighted by Gasteiger charge is -2.14. The third-order valence-electron chi connectivity index (χ3n) is 3.60. The number of hydrogen-bond acceptors (Lipinski definition) is 3. The minimum Gasteiger partial charge on any atom is -0.288 e.